The minimum Gasteiger partial charge on any atom is -0.462 e. The number of rotatable bonds is 7. The fourth-order valence-electron chi connectivity index (χ4n) is 3.00. The Hall–Kier alpha value is -3.46. The van der Waals surface area contributed by atoms with Crippen molar-refractivity contribution < 1.29 is 19.1 Å². The molecule has 2 N–H and O–H groups in total. The van der Waals surface area contributed by atoms with Crippen LogP contribution in [0, 0.1) is 26.7 Å². The lowest BCUT2D eigenvalue weighted by atomic mass is 10.1. The number of terminal acetylenes is 1. The Morgan fingerprint density at radius 1 is 1.06 bits per heavy atom. The molecule has 0 heterocycles. The molecule has 0 aliphatic carbocycles. The summed E-state index contributed by atoms with van der Waals surface area (Å²) in [6.07, 6.45) is 10.1. The van der Waals surface area contributed by atoms with Crippen molar-refractivity contribution in [2.24, 2.45) is 0 Å². The second-order valence-corrected chi connectivity index (χ2v) is 8.37. The van der Waals surface area contributed by atoms with Crippen LogP contribution < -0.4 is 15.4 Å². The number of anilines is 2. The van der Waals surface area contributed by atoms with Gasteiger partial charge in [-0.15, -0.1) is 12.8 Å². The quantitative estimate of drug-likeness (QED) is 0.319. The molecule has 0 aliphatic heterocycles. The van der Waals surface area contributed by atoms with Gasteiger partial charge in [-0.2, -0.15) is 0 Å². The van der Waals surface area contributed by atoms with E-state index in [4.69, 9.17) is 4.74 Å². The zero-order valence-electron chi connectivity index (χ0n) is 23.2. The largest absolute Gasteiger partial charge is 0.462 e. The first-order valence-electron chi connectivity index (χ1n) is 11.8. The molecular weight excluding hydrogens is 440 g/mol. The molecule has 0 atom stereocenters. The highest BCUT2D eigenvalue weighted by Crippen LogP contribution is 2.33. The van der Waals surface area contributed by atoms with Gasteiger partial charge in [-0.05, 0) is 88.1 Å². The van der Waals surface area contributed by atoms with E-state index in [0.29, 0.717) is 6.47 Å². The predicted octanol–water partition coefficient (Wildman–Crippen LogP) is 7.28. The van der Waals surface area contributed by atoms with Crippen molar-refractivity contribution in [1.82, 2.24) is 0 Å². The van der Waals surface area contributed by atoms with Gasteiger partial charge < -0.3 is 20.1 Å². The first-order chi connectivity index (χ1) is 16.5. The van der Waals surface area contributed by atoms with Crippen LogP contribution in [0.2, 0.25) is 0 Å². The van der Waals surface area contributed by atoms with E-state index >= 15 is 0 Å². The number of amides is 1. The number of hydrogen-bond donors (Lipinski definition) is 2. The van der Waals surface area contributed by atoms with E-state index in [1.54, 1.807) is 0 Å². The summed E-state index contributed by atoms with van der Waals surface area (Å²) in [6.45, 7) is 17.6. The topological polar surface area (TPSA) is 76.7 Å². The number of hydrogen-bond acceptors (Lipinski definition) is 5. The Bertz CT molecular complexity index is 905. The summed E-state index contributed by atoms with van der Waals surface area (Å²) in [7, 11) is 1.93. The first kappa shape index (κ1) is 33.7. The van der Waals surface area contributed by atoms with Crippen LogP contribution in [0.25, 0.3) is 0 Å². The zero-order chi connectivity index (χ0) is 27.6. The summed E-state index contributed by atoms with van der Waals surface area (Å²) in [6, 6.07) is 9.98. The molecule has 0 bridgehead atoms. The molecule has 194 valence electrons. The number of aryl methyl sites for hydroxylation is 3. The molecule has 2 rings (SSSR count). The lowest BCUT2D eigenvalue weighted by Gasteiger charge is -2.16. The third kappa shape index (κ3) is 13.7. The van der Waals surface area contributed by atoms with Crippen molar-refractivity contribution in [2.45, 2.75) is 80.8 Å². The molecule has 0 aliphatic rings. The Labute approximate surface area is 212 Å². The summed E-state index contributed by atoms with van der Waals surface area (Å²) in [5.74, 6) is 1.59. The fourth-order valence-corrected chi connectivity index (χ4v) is 3.00. The van der Waals surface area contributed by atoms with Crippen molar-refractivity contribution >= 4 is 23.8 Å². The molecule has 0 unspecified atom stereocenters. The predicted molar refractivity (Wildman–Crippen MR) is 148 cm³/mol. The molecule has 6 heteroatoms. The average molecular weight is 485 g/mol. The Morgan fingerprint density at radius 2 is 1.60 bits per heavy atom. The molecule has 6 nitrogen and oxygen atoms in total. The lowest BCUT2D eigenvalue weighted by molar-refractivity contribution is -0.138. The summed E-state index contributed by atoms with van der Waals surface area (Å²) in [5, 5.41) is 6.04. The number of ether oxygens (including phenoxy) is 2. The summed E-state index contributed by atoms with van der Waals surface area (Å²) >= 11 is 0. The van der Waals surface area contributed by atoms with Crippen LogP contribution in [-0.4, -0.2) is 25.0 Å². The smallest absolute Gasteiger partial charge is 0.293 e. The van der Waals surface area contributed by atoms with Crippen molar-refractivity contribution in [1.29, 1.82) is 0 Å². The molecule has 0 spiro atoms. The second kappa shape index (κ2) is 17.9. The van der Waals surface area contributed by atoms with Gasteiger partial charge in [0.05, 0.1) is 0 Å². The van der Waals surface area contributed by atoms with Crippen LogP contribution in [0.15, 0.2) is 30.3 Å². The maximum Gasteiger partial charge on any atom is 0.293 e. The molecule has 0 saturated carbocycles. The third-order valence-electron chi connectivity index (χ3n) is 4.27. The molecule has 35 heavy (non-hydrogen) atoms. The molecule has 2 aromatic carbocycles. The second-order valence-electron chi connectivity index (χ2n) is 8.37. The standard InChI is InChI=1S/C20H26N2O2.C5H10O2.C2H6.C2H2/c1-6-7-16-12-18(8-9-19(16)21-5)24-20-13(2)10-17(11-14(20)3)22-15(4)23;1-5(2,3)7-4-6;2*1-2/h8-12,21H,6-7H2,1-5H3,(H,22,23);4H,1-3H3;1-2H3;1-2H. The molecule has 0 radical (unpaired) electrons. The molecule has 2 aromatic rings. The van der Waals surface area contributed by atoms with Crippen molar-refractivity contribution in [2.75, 3.05) is 17.7 Å². The summed E-state index contributed by atoms with van der Waals surface area (Å²) in [4.78, 5) is 20.8. The van der Waals surface area contributed by atoms with Crippen LogP contribution in [0.1, 0.15) is 71.6 Å². The highest BCUT2D eigenvalue weighted by molar-refractivity contribution is 5.89. The van der Waals surface area contributed by atoms with Gasteiger partial charge in [-0.1, -0.05) is 27.2 Å². The number of benzene rings is 2. The van der Waals surface area contributed by atoms with Crippen molar-refractivity contribution in [3.63, 3.8) is 0 Å². The highest BCUT2D eigenvalue weighted by atomic mass is 16.5. The van der Waals surface area contributed by atoms with Gasteiger partial charge in [0.25, 0.3) is 6.47 Å². The number of nitrogens with one attached hydrogen (secondary N) is 2. The van der Waals surface area contributed by atoms with E-state index in [-0.39, 0.29) is 11.5 Å². The number of carbonyl (C=O) groups excluding carboxylic acids is 2. The van der Waals surface area contributed by atoms with Crippen LogP contribution in [-0.2, 0) is 20.7 Å². The summed E-state index contributed by atoms with van der Waals surface area (Å²) < 4.78 is 10.7. The SMILES string of the molecule is C#C.CC.CC(C)(C)OC=O.CCCc1cc(Oc2c(C)cc(NC(C)=O)cc2C)ccc1NC. The van der Waals surface area contributed by atoms with Crippen LogP contribution in [0.3, 0.4) is 0 Å². The van der Waals surface area contributed by atoms with E-state index in [2.05, 4.69) is 47.3 Å². The average Bonchev–Trinajstić information content (AvgIpc) is 2.79. The molecule has 1 amide bonds. The van der Waals surface area contributed by atoms with Gasteiger partial charge in [-0.25, -0.2) is 0 Å². The van der Waals surface area contributed by atoms with Gasteiger partial charge in [-0.3, -0.25) is 9.59 Å². The first-order valence-corrected chi connectivity index (χ1v) is 11.8. The van der Waals surface area contributed by atoms with Crippen LogP contribution in [0.4, 0.5) is 11.4 Å². The monoisotopic (exact) mass is 484 g/mol. The van der Waals surface area contributed by atoms with Gasteiger partial charge >= 0.3 is 0 Å². The normalized spacial score (nSPS) is 9.49. The van der Waals surface area contributed by atoms with E-state index in [9.17, 15) is 9.59 Å². The Morgan fingerprint density at radius 3 is 1.97 bits per heavy atom. The van der Waals surface area contributed by atoms with Gasteiger partial charge in [0.1, 0.15) is 17.1 Å². The van der Waals surface area contributed by atoms with Gasteiger partial charge in [0, 0.05) is 25.3 Å². The van der Waals surface area contributed by atoms with Crippen molar-refractivity contribution in [3.8, 4) is 24.3 Å². The van der Waals surface area contributed by atoms with E-state index in [1.165, 1.54) is 12.5 Å². The number of carbonyl (C=O) groups is 2. The maximum absolute atomic E-state index is 11.2. The van der Waals surface area contributed by atoms with Crippen molar-refractivity contribution in [3.05, 3.63) is 47.0 Å². The Balaban J connectivity index is 0. The molecular formula is C29H44N2O4. The minimum atomic E-state index is -0.318. The van der Waals surface area contributed by atoms with E-state index in [1.807, 2.05) is 73.7 Å². The highest BCUT2D eigenvalue weighted by Gasteiger charge is 2.10. The minimum absolute atomic E-state index is 0.0747. The molecule has 0 fully saturated rings. The van der Waals surface area contributed by atoms with Gasteiger partial charge in [0.15, 0.2) is 0 Å². The molecule has 0 saturated heterocycles. The third-order valence-corrected chi connectivity index (χ3v) is 4.27. The summed E-state index contributed by atoms with van der Waals surface area (Å²) in [5.41, 5.74) is 4.85. The van der Waals surface area contributed by atoms with Crippen LogP contribution >= 0.6 is 0 Å². The van der Waals surface area contributed by atoms with E-state index < -0.39 is 0 Å². The zero-order valence-corrected chi connectivity index (χ0v) is 23.2. The van der Waals surface area contributed by atoms with E-state index in [0.717, 1.165) is 46.8 Å². The fraction of sp³-hybridized carbons (Fsp3) is 0.448. The van der Waals surface area contributed by atoms with Gasteiger partial charge in [0.2, 0.25) is 5.91 Å². The lowest BCUT2D eigenvalue weighted by Crippen LogP contribution is -2.17. The Kier molecular flexibility index (Phi) is 17.3. The molecule has 0 aromatic heterocycles. The maximum atomic E-state index is 11.2. The van der Waals surface area contributed by atoms with Crippen LogP contribution in [0.5, 0.6) is 11.5 Å².